The normalized spacial score (nSPS) is 10.3. The summed E-state index contributed by atoms with van der Waals surface area (Å²) in [7, 11) is 0. The van der Waals surface area contributed by atoms with Crippen LogP contribution >= 0.6 is 12.6 Å². The van der Waals surface area contributed by atoms with Gasteiger partial charge in [0.15, 0.2) is 0 Å². The number of imidazole rings is 1. The van der Waals surface area contributed by atoms with E-state index in [1.165, 1.54) is 5.69 Å². The van der Waals surface area contributed by atoms with Crippen molar-refractivity contribution < 1.29 is 0 Å². The maximum atomic E-state index is 4.16. The SMILES string of the molecule is Cc1ncn(CCS)c1C. The molecular weight excluding hydrogens is 144 g/mol. The van der Waals surface area contributed by atoms with Gasteiger partial charge >= 0.3 is 0 Å². The Bertz CT molecular complexity index is 217. The van der Waals surface area contributed by atoms with Crippen LogP contribution in [-0.4, -0.2) is 15.3 Å². The summed E-state index contributed by atoms with van der Waals surface area (Å²) >= 11 is 4.14. The molecule has 0 aliphatic carbocycles. The van der Waals surface area contributed by atoms with Crippen molar-refractivity contribution in [2.24, 2.45) is 0 Å². The van der Waals surface area contributed by atoms with E-state index in [1.54, 1.807) is 0 Å². The molecule has 1 rings (SSSR count). The van der Waals surface area contributed by atoms with Gasteiger partial charge in [-0.1, -0.05) is 0 Å². The van der Waals surface area contributed by atoms with E-state index in [4.69, 9.17) is 0 Å². The van der Waals surface area contributed by atoms with E-state index in [1.807, 2.05) is 13.3 Å². The van der Waals surface area contributed by atoms with Crippen LogP contribution in [0.25, 0.3) is 0 Å². The van der Waals surface area contributed by atoms with Crippen LogP contribution in [-0.2, 0) is 6.54 Å². The Morgan fingerprint density at radius 3 is 2.70 bits per heavy atom. The molecule has 0 bridgehead atoms. The van der Waals surface area contributed by atoms with Crippen LogP contribution in [0.5, 0.6) is 0 Å². The van der Waals surface area contributed by atoms with Crippen molar-refractivity contribution in [1.29, 1.82) is 0 Å². The predicted octanol–water partition coefficient (Wildman–Crippen LogP) is 1.43. The summed E-state index contributed by atoms with van der Waals surface area (Å²) in [4.78, 5) is 4.16. The summed E-state index contributed by atoms with van der Waals surface area (Å²) in [6.45, 7) is 5.05. The van der Waals surface area contributed by atoms with Gasteiger partial charge in [-0.25, -0.2) is 4.98 Å². The molecule has 1 aromatic heterocycles. The Labute approximate surface area is 66.7 Å². The number of thiol groups is 1. The van der Waals surface area contributed by atoms with Crippen LogP contribution in [0, 0.1) is 13.8 Å². The zero-order valence-corrected chi connectivity index (χ0v) is 7.23. The minimum Gasteiger partial charge on any atom is -0.334 e. The number of aryl methyl sites for hydroxylation is 2. The van der Waals surface area contributed by atoms with Crippen LogP contribution in [0.3, 0.4) is 0 Å². The largest absolute Gasteiger partial charge is 0.334 e. The molecule has 0 aliphatic rings. The highest BCUT2D eigenvalue weighted by atomic mass is 32.1. The fraction of sp³-hybridized carbons (Fsp3) is 0.571. The standard InChI is InChI=1S/C7H12N2S/c1-6-7(2)9(3-4-10)5-8-6/h5,10H,3-4H2,1-2H3. The molecule has 0 radical (unpaired) electrons. The van der Waals surface area contributed by atoms with Crippen molar-refractivity contribution in [3.05, 3.63) is 17.7 Å². The molecule has 2 nitrogen and oxygen atoms in total. The zero-order chi connectivity index (χ0) is 7.56. The van der Waals surface area contributed by atoms with Crippen molar-refractivity contribution in [3.63, 3.8) is 0 Å². The first-order valence-electron chi connectivity index (χ1n) is 3.35. The second-order valence-corrected chi connectivity index (χ2v) is 2.78. The van der Waals surface area contributed by atoms with E-state index in [-0.39, 0.29) is 0 Å². The zero-order valence-electron chi connectivity index (χ0n) is 6.33. The Morgan fingerprint density at radius 2 is 2.30 bits per heavy atom. The summed E-state index contributed by atoms with van der Waals surface area (Å²) in [5.41, 5.74) is 2.36. The molecule has 0 atom stereocenters. The number of hydrogen-bond donors (Lipinski definition) is 1. The van der Waals surface area contributed by atoms with E-state index < -0.39 is 0 Å². The van der Waals surface area contributed by atoms with Crippen molar-refractivity contribution in [3.8, 4) is 0 Å². The third kappa shape index (κ3) is 1.34. The summed E-state index contributed by atoms with van der Waals surface area (Å²) in [6, 6.07) is 0. The lowest BCUT2D eigenvalue weighted by molar-refractivity contribution is 0.745. The number of hydrogen-bond acceptors (Lipinski definition) is 2. The average molecular weight is 156 g/mol. The molecule has 0 aromatic carbocycles. The molecule has 10 heavy (non-hydrogen) atoms. The minimum atomic E-state index is 0.872. The van der Waals surface area contributed by atoms with Gasteiger partial charge in [-0.2, -0.15) is 12.6 Å². The topological polar surface area (TPSA) is 17.8 Å². The molecule has 1 heterocycles. The van der Waals surface area contributed by atoms with Gasteiger partial charge in [0, 0.05) is 18.0 Å². The van der Waals surface area contributed by atoms with Gasteiger partial charge in [0.25, 0.3) is 0 Å². The van der Waals surface area contributed by atoms with Crippen molar-refractivity contribution in [2.45, 2.75) is 20.4 Å². The van der Waals surface area contributed by atoms with Crippen molar-refractivity contribution in [2.75, 3.05) is 5.75 Å². The van der Waals surface area contributed by atoms with Crippen LogP contribution in [0.4, 0.5) is 0 Å². The predicted molar refractivity (Wildman–Crippen MR) is 45.6 cm³/mol. The van der Waals surface area contributed by atoms with Crippen molar-refractivity contribution >= 4 is 12.6 Å². The van der Waals surface area contributed by atoms with E-state index >= 15 is 0 Å². The molecule has 0 aliphatic heterocycles. The summed E-state index contributed by atoms with van der Waals surface area (Å²) in [5, 5.41) is 0. The molecule has 0 unspecified atom stereocenters. The first kappa shape index (κ1) is 7.66. The fourth-order valence-electron chi connectivity index (χ4n) is 0.877. The lowest BCUT2D eigenvalue weighted by Crippen LogP contribution is -1.99. The van der Waals surface area contributed by atoms with Crippen LogP contribution in [0.15, 0.2) is 6.33 Å². The van der Waals surface area contributed by atoms with Gasteiger partial charge in [0.05, 0.1) is 12.0 Å². The van der Waals surface area contributed by atoms with Gasteiger partial charge < -0.3 is 4.57 Å². The first-order valence-corrected chi connectivity index (χ1v) is 3.98. The summed E-state index contributed by atoms with van der Waals surface area (Å²) in [6.07, 6.45) is 1.86. The fourth-order valence-corrected chi connectivity index (χ4v) is 1.09. The third-order valence-electron chi connectivity index (χ3n) is 1.69. The lowest BCUT2D eigenvalue weighted by Gasteiger charge is -2.00. The third-order valence-corrected chi connectivity index (χ3v) is 1.89. The van der Waals surface area contributed by atoms with Crippen molar-refractivity contribution in [1.82, 2.24) is 9.55 Å². The molecule has 0 amide bonds. The van der Waals surface area contributed by atoms with E-state index in [2.05, 4.69) is 29.1 Å². The average Bonchev–Trinajstić information content (AvgIpc) is 2.20. The van der Waals surface area contributed by atoms with Gasteiger partial charge in [-0.3, -0.25) is 0 Å². The highest BCUT2D eigenvalue weighted by Crippen LogP contribution is 2.03. The van der Waals surface area contributed by atoms with Gasteiger partial charge in [0.1, 0.15) is 0 Å². The first-order chi connectivity index (χ1) is 4.75. The molecule has 0 fully saturated rings. The smallest absolute Gasteiger partial charge is 0.0951 e. The van der Waals surface area contributed by atoms with Gasteiger partial charge in [0.2, 0.25) is 0 Å². The molecule has 56 valence electrons. The van der Waals surface area contributed by atoms with E-state index in [0.717, 1.165) is 18.0 Å². The molecule has 0 N–H and O–H groups in total. The number of rotatable bonds is 2. The maximum absolute atomic E-state index is 4.16. The molecule has 3 heteroatoms. The number of aromatic nitrogens is 2. The lowest BCUT2D eigenvalue weighted by atomic mass is 10.4. The number of nitrogens with zero attached hydrogens (tertiary/aromatic N) is 2. The Hall–Kier alpha value is -0.440. The minimum absolute atomic E-state index is 0.872. The molecule has 1 aromatic rings. The van der Waals surface area contributed by atoms with E-state index in [9.17, 15) is 0 Å². The van der Waals surface area contributed by atoms with Gasteiger partial charge in [-0.15, -0.1) is 0 Å². The van der Waals surface area contributed by atoms with Crippen LogP contribution < -0.4 is 0 Å². The monoisotopic (exact) mass is 156 g/mol. The van der Waals surface area contributed by atoms with Crippen LogP contribution in [0.2, 0.25) is 0 Å². The maximum Gasteiger partial charge on any atom is 0.0951 e. The molecular formula is C7H12N2S. The quantitative estimate of drug-likeness (QED) is 0.641. The highest BCUT2D eigenvalue weighted by Gasteiger charge is 1.98. The summed E-state index contributed by atoms with van der Waals surface area (Å²) < 4.78 is 2.11. The second kappa shape index (κ2) is 3.10. The molecule has 0 spiro atoms. The van der Waals surface area contributed by atoms with Gasteiger partial charge in [-0.05, 0) is 13.8 Å². The molecule has 0 saturated heterocycles. The second-order valence-electron chi connectivity index (χ2n) is 2.33. The Balaban J connectivity index is 2.83. The Morgan fingerprint density at radius 1 is 1.60 bits per heavy atom. The molecule has 0 saturated carbocycles. The summed E-state index contributed by atoms with van der Waals surface area (Å²) in [5.74, 6) is 0.872. The Kier molecular flexibility index (Phi) is 2.38. The van der Waals surface area contributed by atoms with Crippen LogP contribution in [0.1, 0.15) is 11.4 Å². The van der Waals surface area contributed by atoms with E-state index in [0.29, 0.717) is 0 Å². The highest BCUT2D eigenvalue weighted by molar-refractivity contribution is 7.80.